The van der Waals surface area contributed by atoms with Crippen LogP contribution in [0.1, 0.15) is 36.8 Å². The molecule has 7 nitrogen and oxygen atoms in total. The van der Waals surface area contributed by atoms with Crippen LogP contribution in [-0.4, -0.2) is 31.9 Å². The van der Waals surface area contributed by atoms with Gasteiger partial charge in [0.15, 0.2) is 5.16 Å². The number of amides is 1. The fourth-order valence-electron chi connectivity index (χ4n) is 4.17. The zero-order valence-corrected chi connectivity index (χ0v) is 17.4. The summed E-state index contributed by atoms with van der Waals surface area (Å²) >= 11 is 1.42. The van der Waals surface area contributed by atoms with Crippen molar-refractivity contribution >= 4 is 29.5 Å². The fourth-order valence-corrected chi connectivity index (χ4v) is 4.96. The Labute approximate surface area is 178 Å². The molecule has 1 fully saturated rings. The number of nitrogens with zero attached hydrogens (tertiary/aromatic N) is 4. The lowest BCUT2D eigenvalue weighted by Gasteiger charge is -2.27. The Kier molecular flexibility index (Phi) is 5.08. The lowest BCUT2D eigenvalue weighted by atomic mass is 9.79. The third-order valence-corrected chi connectivity index (χ3v) is 6.60. The van der Waals surface area contributed by atoms with Crippen LogP contribution in [0.15, 0.2) is 73.9 Å². The maximum atomic E-state index is 13.2. The van der Waals surface area contributed by atoms with Crippen LogP contribution in [0.25, 0.3) is 6.08 Å². The van der Waals surface area contributed by atoms with Crippen LogP contribution in [0.5, 0.6) is 0 Å². The molecule has 154 valence electrons. The smallest absolute Gasteiger partial charge is 0.253 e. The van der Waals surface area contributed by atoms with E-state index in [-0.39, 0.29) is 23.6 Å². The first kappa shape index (κ1) is 19.0. The number of carbonyl (C=O) groups is 1. The summed E-state index contributed by atoms with van der Waals surface area (Å²) in [6, 6.07) is 7.38. The van der Waals surface area contributed by atoms with Crippen LogP contribution in [0, 0.1) is 5.92 Å². The molecule has 0 N–H and O–H groups in total. The number of carbonyl (C=O) groups excluding carboxylic acids is 1. The summed E-state index contributed by atoms with van der Waals surface area (Å²) in [6.45, 7) is 0. The van der Waals surface area contributed by atoms with Crippen molar-refractivity contribution in [1.29, 1.82) is 0 Å². The molecule has 2 atom stereocenters. The molecule has 0 radical (unpaired) electrons. The van der Waals surface area contributed by atoms with Gasteiger partial charge in [0.2, 0.25) is 0 Å². The van der Waals surface area contributed by atoms with E-state index in [1.807, 2.05) is 48.2 Å². The molecule has 1 aliphatic carbocycles. The highest BCUT2D eigenvalue weighted by molar-refractivity contribution is 7.99. The van der Waals surface area contributed by atoms with Crippen molar-refractivity contribution in [2.75, 3.05) is 5.75 Å². The maximum absolute atomic E-state index is 13.2. The first-order valence-corrected chi connectivity index (χ1v) is 11.0. The first-order valence-electron chi connectivity index (χ1n) is 9.99. The topological polar surface area (TPSA) is 76.8 Å². The van der Waals surface area contributed by atoms with E-state index in [0.29, 0.717) is 0 Å². The van der Waals surface area contributed by atoms with Crippen LogP contribution in [-0.2, 0) is 11.8 Å². The van der Waals surface area contributed by atoms with E-state index in [4.69, 9.17) is 13.9 Å². The predicted octanol–water partition coefficient (Wildman–Crippen LogP) is 4.52. The second-order valence-electron chi connectivity index (χ2n) is 7.48. The van der Waals surface area contributed by atoms with E-state index in [1.165, 1.54) is 11.8 Å². The van der Waals surface area contributed by atoms with Gasteiger partial charge in [0.1, 0.15) is 17.6 Å². The Morgan fingerprint density at radius 3 is 2.90 bits per heavy atom. The zero-order valence-electron chi connectivity index (χ0n) is 16.6. The number of aromatic nitrogens is 2. The Hall–Kier alpha value is -3.00. The molecular weight excluding hydrogens is 400 g/mol. The summed E-state index contributed by atoms with van der Waals surface area (Å²) in [5.74, 6) is 1.91. The van der Waals surface area contributed by atoms with Gasteiger partial charge in [0, 0.05) is 25.4 Å². The predicted molar refractivity (Wildman–Crippen MR) is 114 cm³/mol. The van der Waals surface area contributed by atoms with Gasteiger partial charge in [-0.2, -0.15) is 5.10 Å². The van der Waals surface area contributed by atoms with Crippen molar-refractivity contribution in [3.8, 4) is 0 Å². The minimum atomic E-state index is -0.218. The van der Waals surface area contributed by atoms with Crippen molar-refractivity contribution in [3.63, 3.8) is 0 Å². The molecule has 5 rings (SSSR count). The molecule has 0 aromatic carbocycles. The van der Waals surface area contributed by atoms with Gasteiger partial charge in [-0.25, -0.2) is 9.99 Å². The molecule has 30 heavy (non-hydrogen) atoms. The molecule has 1 aliphatic heterocycles. The number of aryl methyl sites for hydroxylation is 1. The Morgan fingerprint density at radius 1 is 1.30 bits per heavy atom. The third-order valence-electron chi connectivity index (χ3n) is 5.55. The number of hydrogen-bond acceptors (Lipinski definition) is 6. The van der Waals surface area contributed by atoms with Crippen molar-refractivity contribution in [2.45, 2.75) is 30.5 Å². The number of furan rings is 2. The van der Waals surface area contributed by atoms with Crippen LogP contribution in [0.2, 0.25) is 0 Å². The quantitative estimate of drug-likeness (QED) is 0.565. The van der Waals surface area contributed by atoms with E-state index in [1.54, 1.807) is 23.7 Å². The Balaban J connectivity index is 1.45. The molecular formula is C22H22N4O3S. The molecule has 1 amide bonds. The van der Waals surface area contributed by atoms with Crippen molar-refractivity contribution in [2.24, 2.45) is 18.1 Å². The van der Waals surface area contributed by atoms with Gasteiger partial charge in [0.25, 0.3) is 5.91 Å². The van der Waals surface area contributed by atoms with E-state index in [0.717, 1.165) is 47.2 Å². The summed E-state index contributed by atoms with van der Waals surface area (Å²) in [5, 5.41) is 7.25. The lowest BCUT2D eigenvalue weighted by Crippen LogP contribution is -2.32. The van der Waals surface area contributed by atoms with E-state index in [9.17, 15) is 4.79 Å². The zero-order chi connectivity index (χ0) is 20.5. The van der Waals surface area contributed by atoms with Gasteiger partial charge in [0.05, 0.1) is 24.0 Å². The molecule has 3 aromatic rings. The summed E-state index contributed by atoms with van der Waals surface area (Å²) in [5.41, 5.74) is 2.10. The molecule has 0 saturated heterocycles. The SMILES string of the molecule is Cn1ccnc1SCC(=O)N1N=C2C(=Cc3ccco3)CCCC2C1c1ccco1. The Bertz CT molecular complexity index is 1080. The fraction of sp³-hybridized carbons (Fsp3) is 0.318. The van der Waals surface area contributed by atoms with Crippen molar-refractivity contribution in [1.82, 2.24) is 14.6 Å². The highest BCUT2D eigenvalue weighted by Crippen LogP contribution is 2.44. The molecule has 4 heterocycles. The van der Waals surface area contributed by atoms with Crippen molar-refractivity contribution in [3.05, 3.63) is 66.3 Å². The number of fused-ring (bicyclic) bond motifs is 1. The van der Waals surface area contributed by atoms with Gasteiger partial charge >= 0.3 is 0 Å². The second kappa shape index (κ2) is 8.02. The lowest BCUT2D eigenvalue weighted by molar-refractivity contribution is -0.131. The van der Waals surface area contributed by atoms with Gasteiger partial charge in [-0.1, -0.05) is 11.8 Å². The van der Waals surface area contributed by atoms with Gasteiger partial charge in [-0.05, 0) is 55.2 Å². The van der Waals surface area contributed by atoms with E-state index < -0.39 is 0 Å². The average Bonchev–Trinajstić information content (AvgIpc) is 3.53. The molecule has 2 aliphatic rings. The summed E-state index contributed by atoms with van der Waals surface area (Å²) in [4.78, 5) is 17.5. The highest BCUT2D eigenvalue weighted by Gasteiger charge is 2.45. The van der Waals surface area contributed by atoms with Crippen molar-refractivity contribution < 1.29 is 13.6 Å². The molecule has 8 heteroatoms. The van der Waals surface area contributed by atoms with Gasteiger partial charge in [-0.15, -0.1) is 0 Å². The number of allylic oxidation sites excluding steroid dienone is 1. The summed E-state index contributed by atoms with van der Waals surface area (Å²) in [6.07, 6.45) is 11.9. The van der Waals surface area contributed by atoms with E-state index >= 15 is 0 Å². The largest absolute Gasteiger partial charge is 0.467 e. The molecule has 1 saturated carbocycles. The Morgan fingerprint density at radius 2 is 2.17 bits per heavy atom. The molecule has 0 spiro atoms. The third kappa shape index (κ3) is 3.52. The van der Waals surface area contributed by atoms with Crippen LogP contribution in [0.3, 0.4) is 0 Å². The number of hydrogen-bond donors (Lipinski definition) is 0. The number of imidazole rings is 1. The van der Waals surface area contributed by atoms with Gasteiger partial charge < -0.3 is 13.4 Å². The molecule has 2 unspecified atom stereocenters. The van der Waals surface area contributed by atoms with Crippen LogP contribution in [0.4, 0.5) is 0 Å². The second-order valence-corrected chi connectivity index (χ2v) is 8.42. The molecule has 0 bridgehead atoms. The standard InChI is InChI=1S/C22H22N4O3S/c1-25-10-9-23-22(25)30-14-19(27)26-21(18-8-4-12-29-18)17-7-2-5-15(20(17)24-26)13-16-6-3-11-28-16/h3-4,6,8-13,17,21H,2,5,7,14H2,1H3. The van der Waals surface area contributed by atoms with Crippen LogP contribution < -0.4 is 0 Å². The minimum absolute atomic E-state index is 0.0522. The van der Waals surface area contributed by atoms with Gasteiger partial charge in [-0.3, -0.25) is 4.79 Å². The average molecular weight is 423 g/mol. The highest BCUT2D eigenvalue weighted by atomic mass is 32.2. The summed E-state index contributed by atoms with van der Waals surface area (Å²) < 4.78 is 13.1. The monoisotopic (exact) mass is 422 g/mol. The maximum Gasteiger partial charge on any atom is 0.253 e. The number of rotatable bonds is 5. The van der Waals surface area contributed by atoms with Crippen LogP contribution >= 0.6 is 11.8 Å². The van der Waals surface area contributed by atoms with E-state index in [2.05, 4.69) is 4.98 Å². The number of thioether (sulfide) groups is 1. The summed E-state index contributed by atoms with van der Waals surface area (Å²) in [7, 11) is 1.92. The molecule has 3 aromatic heterocycles. The minimum Gasteiger partial charge on any atom is -0.467 e. The first-order chi connectivity index (χ1) is 14.7. The number of hydrazone groups is 1. The normalized spacial score (nSPS) is 22.4.